The largest absolute Gasteiger partial charge is 0.463 e. The van der Waals surface area contributed by atoms with Crippen molar-refractivity contribution in [3.05, 3.63) is 106 Å². The van der Waals surface area contributed by atoms with E-state index >= 15 is 0 Å². The Balaban J connectivity index is 1.57. The maximum absolute atomic E-state index is 13.2. The smallest absolute Gasteiger partial charge is 0.303 e. The third-order valence-electron chi connectivity index (χ3n) is 10.4. The third-order valence-corrected chi connectivity index (χ3v) is 12.3. The lowest BCUT2D eigenvalue weighted by atomic mass is 9.95. The van der Waals surface area contributed by atoms with E-state index in [1.54, 1.807) is 16.7 Å². The summed E-state index contributed by atoms with van der Waals surface area (Å²) in [5.74, 6) is -5.52. The Kier molecular flexibility index (Phi) is 19.4. The summed E-state index contributed by atoms with van der Waals surface area (Å²) in [6, 6.07) is 26.4. The molecule has 10 atom stereocenters. The van der Waals surface area contributed by atoms with Crippen molar-refractivity contribution in [2.45, 2.75) is 128 Å². The molecule has 0 amide bonds. The minimum absolute atomic E-state index is 0.221. The zero-order chi connectivity index (χ0) is 52.1. The number of benzene rings is 3. The maximum atomic E-state index is 13.2. The molecule has 3 heterocycles. The van der Waals surface area contributed by atoms with Crippen molar-refractivity contribution < 1.29 is 80.9 Å². The molecular formula is C49H54N4O17S2. The SMILES string of the molecule is CC(=O)OC[C@H]1O[C@@H](O[C@H]2[C@H](OC(C)=O)[C@@H](OC(C)=O)[C@H](/N=c3\sc(=Nc4ccccc4)nc(SCc4ccccc4)n3-c3ccccc3C)O[C@@H]2COC(C)=O)[C@H](OC(C)=O)[C@@H](OC(C)=O)[C@H]1OC(C)=O. The van der Waals surface area contributed by atoms with Gasteiger partial charge < -0.3 is 47.4 Å². The average Bonchev–Trinajstić information content (AvgIpc) is 3.31. The van der Waals surface area contributed by atoms with Crippen LogP contribution in [0, 0.1) is 6.92 Å². The van der Waals surface area contributed by atoms with Crippen LogP contribution in [0.3, 0.4) is 0 Å². The highest BCUT2D eigenvalue weighted by Gasteiger charge is 2.57. The van der Waals surface area contributed by atoms with Crippen LogP contribution in [0.2, 0.25) is 0 Å². The molecule has 0 spiro atoms. The second kappa shape index (κ2) is 25.5. The van der Waals surface area contributed by atoms with Gasteiger partial charge in [-0.3, -0.25) is 38.1 Å². The number of esters is 7. The number of aryl methyl sites for hydroxylation is 1. The highest BCUT2D eigenvalue weighted by Crippen LogP contribution is 2.36. The fourth-order valence-corrected chi connectivity index (χ4v) is 9.60. The van der Waals surface area contributed by atoms with E-state index in [0.717, 1.165) is 70.9 Å². The molecule has 6 rings (SSSR count). The summed E-state index contributed by atoms with van der Waals surface area (Å²) >= 11 is 2.46. The summed E-state index contributed by atoms with van der Waals surface area (Å²) < 4.78 is 60.7. The summed E-state index contributed by atoms with van der Waals surface area (Å²) in [6.07, 6.45) is -16.4. The number of carbonyl (C=O) groups is 7. The quantitative estimate of drug-likeness (QED) is 0.0812. The van der Waals surface area contributed by atoms with E-state index in [1.807, 2.05) is 79.7 Å². The van der Waals surface area contributed by atoms with Crippen LogP contribution < -0.4 is 9.60 Å². The average molecular weight is 1040 g/mol. The van der Waals surface area contributed by atoms with E-state index in [0.29, 0.717) is 22.3 Å². The lowest BCUT2D eigenvalue weighted by Crippen LogP contribution is -2.67. The molecule has 0 saturated carbocycles. The van der Waals surface area contributed by atoms with Crippen LogP contribution in [-0.4, -0.2) is 126 Å². The molecule has 0 N–H and O–H groups in total. The lowest BCUT2D eigenvalue weighted by molar-refractivity contribution is -0.344. The number of ether oxygens (including phenoxy) is 10. The second-order valence-corrected chi connectivity index (χ2v) is 18.1. The van der Waals surface area contributed by atoms with Crippen molar-refractivity contribution >= 4 is 70.6 Å². The first-order valence-electron chi connectivity index (χ1n) is 22.5. The van der Waals surface area contributed by atoms with Crippen LogP contribution in [0.1, 0.15) is 59.6 Å². The number of thioether (sulfide) groups is 1. The Labute approximate surface area is 421 Å². The first kappa shape index (κ1) is 54.5. The van der Waals surface area contributed by atoms with E-state index in [9.17, 15) is 33.6 Å². The van der Waals surface area contributed by atoms with Gasteiger partial charge >= 0.3 is 41.8 Å². The van der Waals surface area contributed by atoms with Gasteiger partial charge in [0.2, 0.25) is 4.80 Å². The topological polar surface area (TPSA) is 254 Å². The van der Waals surface area contributed by atoms with Gasteiger partial charge in [-0.05, 0) is 36.2 Å². The highest BCUT2D eigenvalue weighted by molar-refractivity contribution is 7.98. The Bertz CT molecular complexity index is 2740. The standard InChI is InChI=1S/C49H54N4O17S2/c1-26-17-15-16-22-36(26)53-48(71-25-34-18-11-9-12-19-34)52-47(50-35-20-13-10-14-21-35)72-49(53)51-45-43(66-32(7)59)41(64-30(5)57)40(37(68-45)23-61-27(2)54)70-46-44(67-33(8)60)42(65-31(6)58)39(63-29(4)56)38(69-46)24-62-28(3)55/h9-22,37-46H,23-25H2,1-8H3/b50-47?,51-49-/t37-,38-,39+,40-,41+,42+,43-,44-,45-,46+/m1/s1. The van der Waals surface area contributed by atoms with Crippen molar-refractivity contribution in [1.29, 1.82) is 0 Å². The van der Waals surface area contributed by atoms with E-state index in [2.05, 4.69) is 0 Å². The molecule has 0 unspecified atom stereocenters. The Hall–Kier alpha value is -6.79. The Morgan fingerprint density at radius 1 is 0.597 bits per heavy atom. The van der Waals surface area contributed by atoms with E-state index in [1.165, 1.54) is 11.8 Å². The van der Waals surface area contributed by atoms with Crippen LogP contribution in [0.5, 0.6) is 0 Å². The zero-order valence-electron chi connectivity index (χ0n) is 40.5. The zero-order valence-corrected chi connectivity index (χ0v) is 42.2. The van der Waals surface area contributed by atoms with Gasteiger partial charge in [0.15, 0.2) is 53.0 Å². The maximum Gasteiger partial charge on any atom is 0.303 e. The number of hydrogen-bond donors (Lipinski definition) is 0. The summed E-state index contributed by atoms with van der Waals surface area (Å²) in [6.45, 7) is 8.31. The first-order chi connectivity index (χ1) is 34.4. The summed E-state index contributed by atoms with van der Waals surface area (Å²) in [7, 11) is 0. The Morgan fingerprint density at radius 2 is 1.10 bits per heavy atom. The van der Waals surface area contributed by atoms with Gasteiger partial charge in [-0.2, -0.15) is 4.98 Å². The van der Waals surface area contributed by atoms with Crippen molar-refractivity contribution in [2.24, 2.45) is 9.98 Å². The number of aromatic nitrogens is 2. The molecule has 0 radical (unpaired) electrons. The molecule has 4 aromatic rings. The molecule has 23 heteroatoms. The molecule has 3 aromatic carbocycles. The molecule has 2 aliphatic rings. The molecule has 0 aliphatic carbocycles. The fourth-order valence-electron chi connectivity index (χ4n) is 7.65. The van der Waals surface area contributed by atoms with Gasteiger partial charge in [0, 0.05) is 54.2 Å². The summed E-state index contributed by atoms with van der Waals surface area (Å²) in [4.78, 5) is 104. The minimum Gasteiger partial charge on any atom is -0.463 e. The van der Waals surface area contributed by atoms with Crippen molar-refractivity contribution in [1.82, 2.24) is 9.55 Å². The number of hydrogen-bond acceptors (Lipinski definition) is 22. The van der Waals surface area contributed by atoms with Crippen LogP contribution in [0.15, 0.2) is 100 Å². The molecule has 1 aromatic heterocycles. The van der Waals surface area contributed by atoms with Crippen molar-refractivity contribution in [3.8, 4) is 5.69 Å². The molecule has 0 bridgehead atoms. The Morgan fingerprint density at radius 3 is 1.67 bits per heavy atom. The van der Waals surface area contributed by atoms with E-state index in [-0.39, 0.29) is 9.60 Å². The number of nitrogens with zero attached hydrogens (tertiary/aromatic N) is 4. The first-order valence-corrected chi connectivity index (χ1v) is 24.3. The van der Waals surface area contributed by atoms with Crippen molar-refractivity contribution in [2.75, 3.05) is 13.2 Å². The van der Waals surface area contributed by atoms with Crippen LogP contribution in [0.4, 0.5) is 5.69 Å². The van der Waals surface area contributed by atoms with Gasteiger partial charge in [-0.1, -0.05) is 89.8 Å². The van der Waals surface area contributed by atoms with Crippen molar-refractivity contribution in [3.63, 3.8) is 0 Å². The molecule has 2 fully saturated rings. The molecule has 72 heavy (non-hydrogen) atoms. The summed E-state index contributed by atoms with van der Waals surface area (Å²) in [5.41, 5.74) is 3.08. The number of rotatable bonds is 17. The number of carbonyl (C=O) groups excluding carboxylic acids is 7. The van der Waals surface area contributed by atoms with Gasteiger partial charge in [0.1, 0.15) is 31.5 Å². The molecule has 2 aliphatic heterocycles. The highest BCUT2D eigenvalue weighted by atomic mass is 32.2. The predicted octanol–water partition coefficient (Wildman–Crippen LogP) is 4.29. The third kappa shape index (κ3) is 15.1. The molecule has 2 saturated heterocycles. The second-order valence-electron chi connectivity index (χ2n) is 16.2. The van der Waals surface area contributed by atoms with Crippen LogP contribution in [0.25, 0.3) is 5.69 Å². The van der Waals surface area contributed by atoms with Gasteiger partial charge in [0.05, 0.1) is 11.4 Å². The fraction of sp³-hybridized carbons (Fsp3) is 0.429. The van der Waals surface area contributed by atoms with Crippen LogP contribution in [-0.2, 0) is 86.7 Å². The summed E-state index contributed by atoms with van der Waals surface area (Å²) in [5, 5.41) is 0.457. The minimum atomic E-state index is -1.86. The van der Waals surface area contributed by atoms with Gasteiger partial charge in [-0.15, -0.1) is 0 Å². The van der Waals surface area contributed by atoms with Gasteiger partial charge in [0.25, 0.3) is 0 Å². The molecular weight excluding hydrogens is 981 g/mol. The van der Waals surface area contributed by atoms with E-state index < -0.39 is 116 Å². The predicted molar refractivity (Wildman–Crippen MR) is 253 cm³/mol. The molecule has 21 nitrogen and oxygen atoms in total. The van der Waals surface area contributed by atoms with Crippen LogP contribution >= 0.6 is 23.1 Å². The monoisotopic (exact) mass is 1030 g/mol. The lowest BCUT2D eigenvalue weighted by Gasteiger charge is -2.48. The number of para-hydroxylation sites is 2. The van der Waals surface area contributed by atoms with E-state index in [4.69, 9.17) is 62.3 Å². The van der Waals surface area contributed by atoms with Gasteiger partial charge in [-0.25, -0.2) is 9.98 Å². The molecule has 384 valence electrons. The normalized spacial score (nSPS) is 24.3.